The lowest BCUT2D eigenvalue weighted by Crippen LogP contribution is -2.54. The topological polar surface area (TPSA) is 151 Å². The molecule has 4 heterocycles. The molecule has 1 aliphatic carbocycles. The van der Waals surface area contributed by atoms with Crippen LogP contribution in [0.5, 0.6) is 11.5 Å². The molecule has 1 saturated carbocycles. The highest BCUT2D eigenvalue weighted by Crippen LogP contribution is 2.45. The zero-order chi connectivity index (χ0) is 33.5. The Kier molecular flexibility index (Phi) is 9.26. The minimum Gasteiger partial charge on any atom is -0.496 e. The van der Waals surface area contributed by atoms with Crippen molar-refractivity contribution in [1.29, 1.82) is 0 Å². The molecule has 11 nitrogen and oxygen atoms in total. The Morgan fingerprint density at radius 3 is 2.70 bits per heavy atom. The van der Waals surface area contributed by atoms with E-state index in [1.165, 1.54) is 16.2 Å². The zero-order valence-electron chi connectivity index (χ0n) is 27.2. The van der Waals surface area contributed by atoms with Crippen molar-refractivity contribution >= 4 is 40.0 Å². The molecule has 250 valence electrons. The average Bonchev–Trinajstić information content (AvgIpc) is 3.35. The fraction of sp³-hybridized carbons (Fsp3) is 0.514. The molecule has 5 atom stereocenters. The van der Waals surface area contributed by atoms with Crippen LogP contribution in [0.15, 0.2) is 35.7 Å². The molecular formula is C35H42N4O7S. The summed E-state index contributed by atoms with van der Waals surface area (Å²) in [6, 6.07) is 4.56. The number of hydrogen-bond acceptors (Lipinski definition) is 9. The van der Waals surface area contributed by atoms with Gasteiger partial charge in [0.05, 0.1) is 24.9 Å². The minimum atomic E-state index is -1.41. The van der Waals surface area contributed by atoms with Crippen LogP contribution < -0.4 is 14.8 Å². The lowest BCUT2D eigenvalue weighted by molar-refractivity contribution is -0.148. The van der Waals surface area contributed by atoms with Crippen LogP contribution in [0, 0.1) is 12.8 Å². The Labute approximate surface area is 278 Å². The van der Waals surface area contributed by atoms with Crippen LogP contribution in [0.2, 0.25) is 0 Å². The molecule has 1 unspecified atom stereocenters. The third-order valence-electron chi connectivity index (χ3n) is 9.59. The van der Waals surface area contributed by atoms with Crippen LogP contribution in [0.25, 0.3) is 21.6 Å². The van der Waals surface area contributed by atoms with E-state index in [4.69, 9.17) is 19.4 Å². The summed E-state index contributed by atoms with van der Waals surface area (Å²) in [6.07, 6.45) is 5.80. The number of carbonyl (C=O) groups excluding carboxylic acids is 2. The van der Waals surface area contributed by atoms with Gasteiger partial charge < -0.3 is 29.9 Å². The van der Waals surface area contributed by atoms with E-state index >= 15 is 0 Å². The van der Waals surface area contributed by atoms with E-state index < -0.39 is 41.6 Å². The van der Waals surface area contributed by atoms with Gasteiger partial charge in [-0.25, -0.2) is 14.8 Å². The van der Waals surface area contributed by atoms with Crippen molar-refractivity contribution in [3.8, 4) is 22.2 Å². The smallest absolute Gasteiger partial charge is 0.330 e. The number of aromatic nitrogens is 2. The molecule has 0 radical (unpaired) electrons. The third-order valence-corrected chi connectivity index (χ3v) is 10.5. The molecule has 0 bridgehead atoms. The van der Waals surface area contributed by atoms with E-state index in [0.29, 0.717) is 29.1 Å². The monoisotopic (exact) mass is 662 g/mol. The van der Waals surface area contributed by atoms with Gasteiger partial charge in [0, 0.05) is 34.7 Å². The van der Waals surface area contributed by atoms with E-state index in [0.717, 1.165) is 40.9 Å². The number of ether oxygens (including phenoxy) is 2. The molecule has 2 amide bonds. The second kappa shape index (κ2) is 13.2. The summed E-state index contributed by atoms with van der Waals surface area (Å²) in [6.45, 7) is 6.15. The Morgan fingerprint density at radius 2 is 1.98 bits per heavy atom. The van der Waals surface area contributed by atoms with Gasteiger partial charge in [-0.2, -0.15) is 0 Å². The molecular weight excluding hydrogens is 620 g/mol. The number of carbonyl (C=O) groups is 3. The largest absolute Gasteiger partial charge is 0.496 e. The minimum absolute atomic E-state index is 0.0560. The highest BCUT2D eigenvalue weighted by atomic mass is 32.1. The number of benzene rings is 1. The fourth-order valence-electron chi connectivity index (χ4n) is 6.65. The number of aliphatic hydroxyl groups excluding tert-OH is 1. The highest BCUT2D eigenvalue weighted by molar-refractivity contribution is 7.13. The number of nitrogens with one attached hydrogen (secondary N) is 1. The second-order valence-electron chi connectivity index (χ2n) is 13.2. The normalized spacial score (nSPS) is 27.4. The maximum absolute atomic E-state index is 13.8. The van der Waals surface area contributed by atoms with Crippen LogP contribution in [-0.4, -0.2) is 80.3 Å². The van der Waals surface area contributed by atoms with Crippen LogP contribution in [-0.2, 0) is 14.4 Å². The van der Waals surface area contributed by atoms with E-state index in [9.17, 15) is 24.6 Å². The number of pyridine rings is 1. The number of aliphatic carboxylic acids is 1. The summed E-state index contributed by atoms with van der Waals surface area (Å²) in [7, 11) is 1.61. The molecule has 12 heteroatoms. The first-order chi connectivity index (χ1) is 22.5. The number of hydrogen-bond donors (Lipinski definition) is 3. The second-order valence-corrected chi connectivity index (χ2v) is 14.0. The Bertz CT molecular complexity index is 1720. The van der Waals surface area contributed by atoms with Gasteiger partial charge in [-0.3, -0.25) is 9.59 Å². The van der Waals surface area contributed by atoms with Gasteiger partial charge in [-0.05, 0) is 50.7 Å². The molecule has 3 aromatic rings. The molecule has 0 spiro atoms. The summed E-state index contributed by atoms with van der Waals surface area (Å²) in [5.41, 5.74) is 1.71. The van der Waals surface area contributed by atoms with Crippen LogP contribution in [0.1, 0.15) is 76.0 Å². The number of amides is 2. The van der Waals surface area contributed by atoms with E-state index in [1.807, 2.05) is 42.7 Å². The first kappa shape index (κ1) is 32.9. The van der Waals surface area contributed by atoms with Gasteiger partial charge in [0.1, 0.15) is 46.0 Å². The van der Waals surface area contributed by atoms with Gasteiger partial charge in [0.2, 0.25) is 5.91 Å². The van der Waals surface area contributed by atoms with Crippen molar-refractivity contribution in [3.05, 3.63) is 47.0 Å². The zero-order valence-corrected chi connectivity index (χ0v) is 28.0. The van der Waals surface area contributed by atoms with Gasteiger partial charge in [-0.1, -0.05) is 38.8 Å². The maximum atomic E-state index is 13.8. The third kappa shape index (κ3) is 6.45. The standard InChI is InChI=1S/C35H42N4O7S/c1-19(2)25-18-47-32(37-25)24-15-29(23-12-13-28(45-4)20(3)30(23)36-24)46-22-14-26-31(41)38-35(34(43)44)16-21(35)10-8-6-5-7-9-11-27(40)33(42)39(26)17-22/h8,10,12-13,15,18-19,21-22,26-27,40H,5-7,9,11,14,16-17H2,1-4H3,(H,38,41)(H,43,44)/b10-8-/t21-,22-,26+,27?,35-/m1/s1. The molecule has 2 aliphatic heterocycles. The fourth-order valence-corrected chi connectivity index (χ4v) is 7.59. The average molecular weight is 663 g/mol. The van der Waals surface area contributed by atoms with Crippen molar-refractivity contribution in [2.24, 2.45) is 5.92 Å². The van der Waals surface area contributed by atoms with Crippen LogP contribution in [0.4, 0.5) is 0 Å². The first-order valence-corrected chi connectivity index (χ1v) is 17.2. The van der Waals surface area contributed by atoms with Gasteiger partial charge in [0.15, 0.2) is 0 Å². The lowest BCUT2D eigenvalue weighted by Gasteiger charge is -2.27. The molecule has 1 aromatic carbocycles. The van der Waals surface area contributed by atoms with Crippen molar-refractivity contribution in [2.45, 2.75) is 95.4 Å². The maximum Gasteiger partial charge on any atom is 0.330 e. The number of thiazole rings is 1. The number of methoxy groups -OCH3 is 1. The number of carboxylic acids is 1. The van der Waals surface area contributed by atoms with E-state index in [1.54, 1.807) is 7.11 Å². The van der Waals surface area contributed by atoms with Crippen molar-refractivity contribution in [3.63, 3.8) is 0 Å². The Morgan fingerprint density at radius 1 is 1.17 bits per heavy atom. The predicted octanol–water partition coefficient (Wildman–Crippen LogP) is 4.99. The first-order valence-electron chi connectivity index (χ1n) is 16.3. The summed E-state index contributed by atoms with van der Waals surface area (Å²) in [5.74, 6) is -1.07. The summed E-state index contributed by atoms with van der Waals surface area (Å²) in [5, 5.41) is 27.2. The Balaban J connectivity index is 1.34. The van der Waals surface area contributed by atoms with Gasteiger partial charge >= 0.3 is 5.97 Å². The number of aliphatic hydroxyl groups is 1. The molecule has 6 rings (SSSR count). The number of rotatable bonds is 6. The van der Waals surface area contributed by atoms with Crippen LogP contribution in [0.3, 0.4) is 0 Å². The van der Waals surface area contributed by atoms with Crippen molar-refractivity contribution in [2.75, 3.05) is 13.7 Å². The van der Waals surface area contributed by atoms with Crippen LogP contribution >= 0.6 is 11.3 Å². The van der Waals surface area contributed by atoms with Crippen molar-refractivity contribution < 1.29 is 34.1 Å². The highest BCUT2D eigenvalue weighted by Gasteiger charge is 2.61. The molecule has 2 fully saturated rings. The SMILES string of the molecule is COc1ccc2c(O[C@@H]3C[C@H]4C(=O)N[C@]5(C(=O)O)C[C@H]5/C=C\CCCCCC(O)C(=O)N4C3)cc(-c3nc(C(C)C)cs3)nc2c1C. The Hall–Kier alpha value is -4.03. The van der Waals surface area contributed by atoms with E-state index in [-0.39, 0.29) is 37.6 Å². The molecule has 3 aliphatic rings. The summed E-state index contributed by atoms with van der Waals surface area (Å²) >= 11 is 1.50. The van der Waals surface area contributed by atoms with Gasteiger partial charge in [-0.15, -0.1) is 11.3 Å². The number of allylic oxidation sites excluding steroid dienone is 1. The number of nitrogens with zero attached hydrogens (tertiary/aromatic N) is 3. The summed E-state index contributed by atoms with van der Waals surface area (Å²) in [4.78, 5) is 50.9. The van der Waals surface area contributed by atoms with E-state index in [2.05, 4.69) is 19.2 Å². The number of carboxylic acid groups (broad SMARTS) is 1. The lowest BCUT2D eigenvalue weighted by atomic mass is 10.1. The predicted molar refractivity (Wildman–Crippen MR) is 178 cm³/mol. The molecule has 47 heavy (non-hydrogen) atoms. The van der Waals surface area contributed by atoms with Gasteiger partial charge in [0.25, 0.3) is 5.91 Å². The molecule has 2 aromatic heterocycles. The number of aryl methyl sites for hydroxylation is 1. The number of fused-ring (bicyclic) bond motifs is 3. The van der Waals surface area contributed by atoms with Crippen molar-refractivity contribution in [1.82, 2.24) is 20.2 Å². The molecule has 1 saturated heterocycles. The summed E-state index contributed by atoms with van der Waals surface area (Å²) < 4.78 is 12.2. The molecule has 3 N–H and O–H groups in total. The quantitative estimate of drug-likeness (QED) is 0.310.